The van der Waals surface area contributed by atoms with Crippen LogP contribution in [-0.2, 0) is 4.79 Å². The van der Waals surface area contributed by atoms with Crippen LogP contribution in [0.25, 0.3) is 0 Å². The maximum Gasteiger partial charge on any atom is 0.139 e. The average Bonchev–Trinajstić information content (AvgIpc) is 3.35. The molecule has 4 atom stereocenters. The Morgan fingerprint density at radius 2 is 1.92 bits per heavy atom. The van der Waals surface area contributed by atoms with E-state index in [9.17, 15) is 4.79 Å². The fourth-order valence-corrected chi connectivity index (χ4v) is 5.60. The Morgan fingerprint density at radius 1 is 1.16 bits per heavy atom. The number of carbonyl (C=O) groups excluding carboxylic acids is 1. The third-order valence-electron chi connectivity index (χ3n) is 7.21. The van der Waals surface area contributed by atoms with E-state index in [0.29, 0.717) is 17.7 Å². The predicted molar refractivity (Wildman–Crippen MR) is 105 cm³/mol. The topological polar surface area (TPSA) is 29.1 Å². The summed E-state index contributed by atoms with van der Waals surface area (Å²) >= 11 is 0. The van der Waals surface area contributed by atoms with Crippen LogP contribution in [0.4, 0.5) is 0 Å². The molecule has 140 valence electrons. The highest BCUT2D eigenvalue weighted by Gasteiger charge is 2.55. The zero-order chi connectivity index (χ0) is 17.7. The molecule has 2 nitrogen and oxygen atoms in total. The number of allylic oxidation sites excluding steroid dienone is 3. The van der Waals surface area contributed by atoms with E-state index in [2.05, 4.69) is 31.0 Å². The van der Waals surface area contributed by atoms with Gasteiger partial charge in [-0.15, -0.1) is 6.58 Å². The molecule has 2 aliphatic carbocycles. The molecule has 0 bridgehead atoms. The summed E-state index contributed by atoms with van der Waals surface area (Å²) in [5.74, 6) is 2.85. The molecular formula is C23H37NO. The lowest BCUT2D eigenvalue weighted by molar-refractivity contribution is -0.130. The Kier molecular flexibility index (Phi) is 6.55. The fourth-order valence-electron chi connectivity index (χ4n) is 5.60. The quantitative estimate of drug-likeness (QED) is 0.361. The van der Waals surface area contributed by atoms with Gasteiger partial charge in [0.2, 0.25) is 0 Å². The van der Waals surface area contributed by atoms with Gasteiger partial charge in [0.1, 0.15) is 5.78 Å². The largest absolute Gasteiger partial charge is 0.314 e. The van der Waals surface area contributed by atoms with Crippen LogP contribution in [-0.4, -0.2) is 18.4 Å². The number of ketones is 1. The van der Waals surface area contributed by atoms with Crippen LogP contribution >= 0.6 is 0 Å². The molecule has 0 aromatic rings. The molecule has 1 heterocycles. The molecule has 0 aromatic carbocycles. The summed E-state index contributed by atoms with van der Waals surface area (Å²) in [5, 5.41) is 3.60. The molecule has 3 fully saturated rings. The van der Waals surface area contributed by atoms with Crippen molar-refractivity contribution < 1.29 is 4.79 Å². The molecular weight excluding hydrogens is 306 g/mol. The molecule has 25 heavy (non-hydrogen) atoms. The van der Waals surface area contributed by atoms with Gasteiger partial charge < -0.3 is 5.32 Å². The van der Waals surface area contributed by atoms with Gasteiger partial charge in [-0.3, -0.25) is 4.79 Å². The van der Waals surface area contributed by atoms with E-state index in [1.165, 1.54) is 32.1 Å². The number of carbonyl (C=O) groups is 1. The predicted octanol–water partition coefficient (Wildman–Crippen LogP) is 5.44. The summed E-state index contributed by atoms with van der Waals surface area (Å²) in [5.41, 5.74) is -0.0520. The van der Waals surface area contributed by atoms with Crippen LogP contribution in [0.15, 0.2) is 24.8 Å². The molecule has 2 heteroatoms. The van der Waals surface area contributed by atoms with Crippen LogP contribution in [0, 0.1) is 23.2 Å². The molecule has 2 saturated carbocycles. The van der Waals surface area contributed by atoms with Crippen molar-refractivity contribution in [3.63, 3.8) is 0 Å². The minimum Gasteiger partial charge on any atom is -0.314 e. The van der Waals surface area contributed by atoms with Crippen molar-refractivity contribution in [2.45, 2.75) is 83.6 Å². The molecule has 3 rings (SSSR count). The number of Topliss-reactive ketones (excluding diaryl/α,β-unsaturated/α-hetero) is 1. The van der Waals surface area contributed by atoms with Crippen molar-refractivity contribution >= 4 is 5.78 Å². The van der Waals surface area contributed by atoms with Gasteiger partial charge >= 0.3 is 0 Å². The first-order valence-corrected chi connectivity index (χ1v) is 10.7. The first-order chi connectivity index (χ1) is 12.2. The van der Waals surface area contributed by atoms with Crippen molar-refractivity contribution in [1.29, 1.82) is 0 Å². The molecule has 1 aliphatic heterocycles. The van der Waals surface area contributed by atoms with E-state index in [1.807, 2.05) is 6.08 Å². The monoisotopic (exact) mass is 343 g/mol. The van der Waals surface area contributed by atoms with E-state index < -0.39 is 0 Å². The number of unbranched alkanes of at least 4 members (excludes halogenated alkanes) is 1. The molecule has 0 amide bonds. The van der Waals surface area contributed by atoms with Crippen molar-refractivity contribution in [2.75, 3.05) is 6.54 Å². The molecule has 0 aromatic heterocycles. The number of fused-ring (bicyclic) bond motifs is 1. The van der Waals surface area contributed by atoms with Gasteiger partial charge in [-0.2, -0.15) is 0 Å². The van der Waals surface area contributed by atoms with E-state index in [1.54, 1.807) is 0 Å². The second kappa shape index (κ2) is 8.66. The third kappa shape index (κ3) is 4.45. The highest BCUT2D eigenvalue weighted by atomic mass is 16.1. The summed E-state index contributed by atoms with van der Waals surface area (Å²) in [6.07, 6.45) is 19.1. The molecule has 1 N–H and O–H groups in total. The molecule has 0 spiro atoms. The van der Waals surface area contributed by atoms with Gasteiger partial charge in [-0.1, -0.05) is 43.9 Å². The second-order valence-electron chi connectivity index (χ2n) is 8.80. The minimum atomic E-state index is -0.0520. The Morgan fingerprint density at radius 3 is 2.60 bits per heavy atom. The highest BCUT2D eigenvalue weighted by molar-refractivity contribution is 5.85. The Balaban J connectivity index is 1.62. The van der Waals surface area contributed by atoms with E-state index in [4.69, 9.17) is 0 Å². The first-order valence-electron chi connectivity index (χ1n) is 10.7. The lowest BCUT2D eigenvalue weighted by atomic mass is 9.72. The van der Waals surface area contributed by atoms with Gasteiger partial charge in [0.15, 0.2) is 0 Å². The van der Waals surface area contributed by atoms with Crippen LogP contribution in [0.5, 0.6) is 0 Å². The summed E-state index contributed by atoms with van der Waals surface area (Å²) in [7, 11) is 0. The lowest BCUT2D eigenvalue weighted by Crippen LogP contribution is -2.34. The van der Waals surface area contributed by atoms with Crippen molar-refractivity contribution in [1.82, 2.24) is 5.32 Å². The number of nitrogens with one attached hydrogen (secondary N) is 1. The van der Waals surface area contributed by atoms with E-state index in [0.717, 1.165) is 56.9 Å². The summed E-state index contributed by atoms with van der Waals surface area (Å²) in [6, 6.07) is 0.612. The minimum absolute atomic E-state index is 0.0520. The van der Waals surface area contributed by atoms with Crippen LogP contribution < -0.4 is 5.32 Å². The smallest absolute Gasteiger partial charge is 0.139 e. The first kappa shape index (κ1) is 18.9. The van der Waals surface area contributed by atoms with Gasteiger partial charge in [0.25, 0.3) is 0 Å². The Bertz CT molecular complexity index is 486. The van der Waals surface area contributed by atoms with Crippen LogP contribution in [0.3, 0.4) is 0 Å². The average molecular weight is 344 g/mol. The van der Waals surface area contributed by atoms with E-state index >= 15 is 0 Å². The van der Waals surface area contributed by atoms with Crippen LogP contribution in [0.1, 0.15) is 77.6 Å². The zero-order valence-corrected chi connectivity index (χ0v) is 16.1. The maximum absolute atomic E-state index is 13.4. The van der Waals surface area contributed by atoms with Crippen molar-refractivity contribution in [3.05, 3.63) is 24.8 Å². The summed E-state index contributed by atoms with van der Waals surface area (Å²) < 4.78 is 0. The van der Waals surface area contributed by atoms with Gasteiger partial charge in [-0.25, -0.2) is 0 Å². The van der Waals surface area contributed by atoms with Gasteiger partial charge in [0.05, 0.1) is 0 Å². The summed E-state index contributed by atoms with van der Waals surface area (Å²) in [6.45, 7) is 7.24. The Hall–Kier alpha value is -0.890. The second-order valence-corrected chi connectivity index (χ2v) is 8.80. The Labute approximate surface area is 154 Å². The molecule has 4 unspecified atom stereocenters. The van der Waals surface area contributed by atoms with Gasteiger partial charge in [0, 0.05) is 17.9 Å². The third-order valence-corrected chi connectivity index (χ3v) is 7.21. The number of hydrogen-bond acceptors (Lipinski definition) is 2. The number of piperidine rings is 1. The fraction of sp³-hybridized carbons (Fsp3) is 0.783. The molecule has 3 aliphatic rings. The van der Waals surface area contributed by atoms with Crippen LogP contribution in [0.2, 0.25) is 0 Å². The molecule has 1 saturated heterocycles. The normalized spacial score (nSPS) is 34.3. The van der Waals surface area contributed by atoms with Crippen molar-refractivity contribution in [2.24, 2.45) is 23.2 Å². The standard InChI is InChI=1S/C23H37NO/c1-3-4-5-6-9-13-23(14-10-7-8-11-15-23)21(25)17-20-19-12-16-24-18(2)22(19)20/h3,6,9,18-20,22,24H,1,4-5,7-8,10-17H2,2H3/b9-6-. The highest BCUT2D eigenvalue weighted by Crippen LogP contribution is 2.56. The number of rotatable bonds is 8. The zero-order valence-electron chi connectivity index (χ0n) is 16.1. The van der Waals surface area contributed by atoms with Crippen molar-refractivity contribution in [3.8, 4) is 0 Å². The number of hydrogen-bond donors (Lipinski definition) is 1. The maximum atomic E-state index is 13.4. The lowest BCUT2D eigenvalue weighted by Gasteiger charge is -2.30. The van der Waals surface area contributed by atoms with Gasteiger partial charge in [-0.05, 0) is 69.7 Å². The molecule has 0 radical (unpaired) electrons. The van der Waals surface area contributed by atoms with E-state index in [-0.39, 0.29) is 5.41 Å². The SMILES string of the molecule is C=CCC/C=C\CC1(C(=O)CC2C3CCNC(C)C32)CCCCCC1. The summed E-state index contributed by atoms with van der Waals surface area (Å²) in [4.78, 5) is 13.4.